The summed E-state index contributed by atoms with van der Waals surface area (Å²) in [5, 5.41) is 3.84. The van der Waals surface area contributed by atoms with Crippen molar-refractivity contribution in [3.05, 3.63) is 51.3 Å². The average Bonchev–Trinajstić information content (AvgIpc) is 2.37. The Morgan fingerprint density at radius 2 is 1.76 bits per heavy atom. The van der Waals surface area contributed by atoms with E-state index in [0.29, 0.717) is 5.15 Å². The Morgan fingerprint density at radius 3 is 2.33 bits per heavy atom. The Kier molecular flexibility index (Phi) is 4.89. The summed E-state index contributed by atoms with van der Waals surface area (Å²) in [5.74, 6) is 1.48. The van der Waals surface area contributed by atoms with Gasteiger partial charge in [-0.15, -0.1) is 0 Å². The number of aromatic nitrogens is 2. The van der Waals surface area contributed by atoms with Crippen LogP contribution >= 0.6 is 27.5 Å². The number of nitrogens with one attached hydrogen (secondary N) is 1. The molecule has 0 aliphatic heterocycles. The highest BCUT2D eigenvalue weighted by atomic mass is 79.9. The number of halogens is 2. The Balaban J connectivity index is 2.23. The maximum Gasteiger partial charge on any atom is 0.137 e. The minimum Gasteiger partial charge on any atom is -0.363 e. The zero-order chi connectivity index (χ0) is 15.6. The van der Waals surface area contributed by atoms with Crippen LogP contribution in [-0.2, 0) is 5.41 Å². The summed E-state index contributed by atoms with van der Waals surface area (Å²) in [4.78, 5) is 8.88. The van der Waals surface area contributed by atoms with Crippen LogP contribution in [0.3, 0.4) is 0 Å². The van der Waals surface area contributed by atoms with E-state index < -0.39 is 0 Å². The van der Waals surface area contributed by atoms with Crippen molar-refractivity contribution in [2.24, 2.45) is 0 Å². The molecule has 112 valence electrons. The Hall–Kier alpha value is -1.13. The molecule has 1 atom stereocenters. The maximum absolute atomic E-state index is 6.11. The molecule has 0 fully saturated rings. The summed E-state index contributed by atoms with van der Waals surface area (Å²) in [5.41, 5.74) is 1.05. The van der Waals surface area contributed by atoms with Gasteiger partial charge >= 0.3 is 0 Å². The van der Waals surface area contributed by atoms with Crippen LogP contribution in [0.5, 0.6) is 0 Å². The number of hydrogen-bond donors (Lipinski definition) is 1. The molecule has 3 nitrogen and oxygen atoms in total. The lowest BCUT2D eigenvalue weighted by atomic mass is 9.96. The molecule has 0 amide bonds. The predicted octanol–water partition coefficient (Wildman–Crippen LogP) is 5.36. The summed E-state index contributed by atoms with van der Waals surface area (Å²) >= 11 is 9.55. The molecule has 0 saturated carbocycles. The molecule has 1 aromatic carbocycles. The van der Waals surface area contributed by atoms with Gasteiger partial charge < -0.3 is 5.32 Å². The fourth-order valence-corrected chi connectivity index (χ4v) is 2.33. The molecule has 1 unspecified atom stereocenters. The van der Waals surface area contributed by atoms with Gasteiger partial charge in [-0.2, -0.15) is 0 Å². The van der Waals surface area contributed by atoms with E-state index in [2.05, 4.69) is 71.0 Å². The van der Waals surface area contributed by atoms with E-state index in [1.807, 2.05) is 12.1 Å². The van der Waals surface area contributed by atoms with E-state index in [-0.39, 0.29) is 11.5 Å². The fourth-order valence-electron chi connectivity index (χ4n) is 1.88. The molecule has 1 N–H and O–H groups in total. The number of benzene rings is 1. The van der Waals surface area contributed by atoms with Crippen molar-refractivity contribution < 1.29 is 0 Å². The summed E-state index contributed by atoms with van der Waals surface area (Å²) in [6, 6.07) is 10.1. The smallest absolute Gasteiger partial charge is 0.137 e. The molecule has 1 heterocycles. The zero-order valence-corrected chi connectivity index (χ0v) is 15.0. The molecule has 0 aliphatic rings. The second-order valence-corrected chi connectivity index (χ2v) is 7.37. The van der Waals surface area contributed by atoms with E-state index in [0.717, 1.165) is 16.1 Å². The van der Waals surface area contributed by atoms with Crippen molar-refractivity contribution in [1.82, 2.24) is 9.97 Å². The van der Waals surface area contributed by atoms with Crippen molar-refractivity contribution in [1.29, 1.82) is 0 Å². The van der Waals surface area contributed by atoms with Crippen LogP contribution in [0.15, 0.2) is 34.8 Å². The van der Waals surface area contributed by atoms with Crippen molar-refractivity contribution in [3.63, 3.8) is 0 Å². The minimum atomic E-state index is -0.137. The van der Waals surface area contributed by atoms with Gasteiger partial charge in [0.1, 0.15) is 16.8 Å². The van der Waals surface area contributed by atoms with Gasteiger partial charge in [0.15, 0.2) is 0 Å². The van der Waals surface area contributed by atoms with Gasteiger partial charge in [0.25, 0.3) is 0 Å². The number of anilines is 1. The van der Waals surface area contributed by atoms with Gasteiger partial charge in [0.05, 0.1) is 0 Å². The summed E-state index contributed by atoms with van der Waals surface area (Å²) < 4.78 is 1.07. The molecule has 5 heteroatoms. The monoisotopic (exact) mass is 367 g/mol. The van der Waals surface area contributed by atoms with Crippen LogP contribution in [0.25, 0.3) is 0 Å². The highest BCUT2D eigenvalue weighted by molar-refractivity contribution is 9.10. The molecule has 0 aliphatic carbocycles. The van der Waals surface area contributed by atoms with Crippen molar-refractivity contribution in [2.75, 3.05) is 5.32 Å². The molecule has 1 aromatic heterocycles. The Bertz CT molecular complexity index is 620. The Morgan fingerprint density at radius 1 is 1.14 bits per heavy atom. The number of hydrogen-bond acceptors (Lipinski definition) is 3. The summed E-state index contributed by atoms with van der Waals surface area (Å²) in [6.07, 6.45) is 0. The molecule has 21 heavy (non-hydrogen) atoms. The highest BCUT2D eigenvalue weighted by Crippen LogP contribution is 2.25. The van der Waals surface area contributed by atoms with E-state index in [1.165, 1.54) is 5.56 Å². The van der Waals surface area contributed by atoms with Crippen LogP contribution in [0.2, 0.25) is 5.15 Å². The summed E-state index contributed by atoms with van der Waals surface area (Å²) in [7, 11) is 0. The quantitative estimate of drug-likeness (QED) is 0.741. The van der Waals surface area contributed by atoms with Crippen LogP contribution < -0.4 is 5.32 Å². The first-order valence-corrected chi connectivity index (χ1v) is 8.00. The third kappa shape index (κ3) is 4.42. The van der Waals surface area contributed by atoms with Gasteiger partial charge in [-0.3, -0.25) is 0 Å². The van der Waals surface area contributed by atoms with Crippen LogP contribution in [0, 0.1) is 0 Å². The van der Waals surface area contributed by atoms with Gasteiger partial charge in [-0.25, -0.2) is 9.97 Å². The average molecular weight is 369 g/mol. The zero-order valence-electron chi connectivity index (χ0n) is 12.6. The molecular weight excluding hydrogens is 350 g/mol. The second-order valence-electron chi connectivity index (χ2n) is 6.07. The van der Waals surface area contributed by atoms with E-state index in [4.69, 9.17) is 11.6 Å². The third-order valence-corrected chi connectivity index (χ3v) is 3.82. The first kappa shape index (κ1) is 16.2. The lowest BCUT2D eigenvalue weighted by molar-refractivity contribution is 0.545. The van der Waals surface area contributed by atoms with Gasteiger partial charge in [-0.1, -0.05) is 60.4 Å². The molecule has 2 rings (SSSR count). The van der Waals surface area contributed by atoms with Crippen molar-refractivity contribution >= 4 is 33.3 Å². The second kappa shape index (κ2) is 6.32. The fraction of sp³-hybridized carbons (Fsp3) is 0.375. The normalized spacial score (nSPS) is 13.0. The molecule has 2 aromatic rings. The molecule has 0 radical (unpaired) electrons. The van der Waals surface area contributed by atoms with Crippen molar-refractivity contribution in [3.8, 4) is 0 Å². The SMILES string of the molecule is CC(Nc1cc(Cl)nc(C(C)(C)C)n1)c1ccc(Br)cc1. The summed E-state index contributed by atoms with van der Waals surface area (Å²) in [6.45, 7) is 8.30. The van der Waals surface area contributed by atoms with Gasteiger partial charge in [0, 0.05) is 22.0 Å². The first-order valence-electron chi connectivity index (χ1n) is 6.83. The lowest BCUT2D eigenvalue weighted by Gasteiger charge is -2.20. The lowest BCUT2D eigenvalue weighted by Crippen LogP contribution is -2.18. The topological polar surface area (TPSA) is 37.8 Å². The molecule has 0 spiro atoms. The standard InChI is InChI=1S/C16H19BrClN3/c1-10(11-5-7-12(17)8-6-11)19-14-9-13(18)20-15(21-14)16(2,3)4/h5-10H,1-4H3,(H,19,20,21). The van der Waals surface area contributed by atoms with Gasteiger partial charge in [0.2, 0.25) is 0 Å². The first-order chi connectivity index (χ1) is 9.75. The minimum absolute atomic E-state index is 0.136. The molecular formula is C16H19BrClN3. The predicted molar refractivity (Wildman–Crippen MR) is 91.9 cm³/mol. The molecule has 0 bridgehead atoms. The number of rotatable bonds is 3. The highest BCUT2D eigenvalue weighted by Gasteiger charge is 2.19. The van der Waals surface area contributed by atoms with E-state index >= 15 is 0 Å². The van der Waals surface area contributed by atoms with Crippen molar-refractivity contribution in [2.45, 2.75) is 39.2 Å². The van der Waals surface area contributed by atoms with Gasteiger partial charge in [-0.05, 0) is 24.6 Å². The van der Waals surface area contributed by atoms with Crippen LogP contribution in [-0.4, -0.2) is 9.97 Å². The number of nitrogens with zero attached hydrogens (tertiary/aromatic N) is 2. The Labute approximate surface area is 139 Å². The van der Waals surface area contributed by atoms with Crippen LogP contribution in [0.4, 0.5) is 5.82 Å². The van der Waals surface area contributed by atoms with E-state index in [1.54, 1.807) is 6.07 Å². The maximum atomic E-state index is 6.11. The van der Waals surface area contributed by atoms with E-state index in [9.17, 15) is 0 Å². The van der Waals surface area contributed by atoms with Crippen LogP contribution in [0.1, 0.15) is 45.1 Å². The third-order valence-electron chi connectivity index (χ3n) is 3.10. The largest absolute Gasteiger partial charge is 0.363 e. The molecule has 0 saturated heterocycles.